The fourth-order valence-electron chi connectivity index (χ4n) is 10.8. The minimum absolute atomic E-state index is 0.190. The molecule has 8 aromatic carbocycles. The zero-order valence-electron chi connectivity index (χ0n) is 46.6. The van der Waals surface area contributed by atoms with Crippen molar-refractivity contribution in [3.63, 3.8) is 0 Å². The quantitative estimate of drug-likeness (QED) is 0.0275. The van der Waals surface area contributed by atoms with Crippen molar-refractivity contribution in [2.75, 3.05) is 41.7 Å². The van der Waals surface area contributed by atoms with Crippen LogP contribution in [0.4, 0.5) is 0 Å². The molecule has 0 radical (unpaired) electrons. The summed E-state index contributed by atoms with van der Waals surface area (Å²) < 4.78 is 45.5. The first-order valence-corrected chi connectivity index (χ1v) is 30.0. The van der Waals surface area contributed by atoms with Gasteiger partial charge in [-0.3, -0.25) is 0 Å². The van der Waals surface area contributed by atoms with Crippen LogP contribution < -0.4 is 18.9 Å². The van der Waals surface area contributed by atoms with Crippen LogP contribution in [0.2, 0.25) is 0 Å². The molecule has 0 atom stereocenters. The number of hydrogen-bond donors (Lipinski definition) is 0. The normalized spacial score (nSPS) is 12.1. The van der Waals surface area contributed by atoms with Gasteiger partial charge in [-0.05, 0) is 0 Å². The molecule has 0 saturated heterocycles. The van der Waals surface area contributed by atoms with Crippen LogP contribution in [0.25, 0.3) is 0 Å². The molecular weight excluding hydrogens is 971 g/mol. The molecule has 0 N–H and O–H groups in total. The zero-order chi connectivity index (χ0) is 54.1. The summed E-state index contributed by atoms with van der Waals surface area (Å²) in [5, 5.41) is 0. The summed E-state index contributed by atoms with van der Waals surface area (Å²) in [6.07, 6.45) is 5.80. The van der Waals surface area contributed by atoms with E-state index in [1.165, 1.54) is 44.5 Å². The van der Waals surface area contributed by atoms with E-state index in [4.69, 9.17) is 32.7 Å². The van der Waals surface area contributed by atoms with Crippen LogP contribution in [0.5, 0.6) is 23.0 Å². The van der Waals surface area contributed by atoms with Crippen LogP contribution in [0.3, 0.4) is 0 Å². The van der Waals surface area contributed by atoms with Crippen molar-refractivity contribution in [1.82, 2.24) is 0 Å². The van der Waals surface area contributed by atoms with Gasteiger partial charge in [-0.25, -0.2) is 0 Å². The summed E-state index contributed by atoms with van der Waals surface area (Å²) in [4.78, 5) is 0. The van der Waals surface area contributed by atoms with Crippen molar-refractivity contribution >= 4 is 14.2 Å². The van der Waals surface area contributed by atoms with E-state index in [1.807, 2.05) is 0 Å². The maximum atomic E-state index is 8.23. The van der Waals surface area contributed by atoms with E-state index in [0.29, 0.717) is 37.9 Å². The average molecular weight is 1050 g/mol. The Morgan fingerprint density at radius 2 is 0.558 bits per heavy atom. The summed E-state index contributed by atoms with van der Waals surface area (Å²) in [6, 6.07) is 69.8. The molecule has 8 rings (SSSR count). The number of hydrogen-bond acceptors (Lipinski definition) is 7. The first-order chi connectivity index (χ1) is 37.4. The Balaban J connectivity index is 1.22. The van der Waals surface area contributed by atoms with Crippen molar-refractivity contribution in [1.29, 1.82) is 0 Å². The van der Waals surface area contributed by atoms with E-state index in [9.17, 15) is 0 Å². The predicted molar refractivity (Wildman–Crippen MR) is 319 cm³/mol. The van der Waals surface area contributed by atoms with E-state index >= 15 is 0 Å². The second-order valence-electron chi connectivity index (χ2n) is 21.1. The average Bonchev–Trinajstić information content (AvgIpc) is 3.45. The molecule has 0 amide bonds. The Morgan fingerprint density at radius 3 is 0.779 bits per heavy atom. The van der Waals surface area contributed by atoms with Crippen LogP contribution in [0.15, 0.2) is 194 Å². The van der Waals surface area contributed by atoms with Crippen LogP contribution in [-0.2, 0) is 38.4 Å². The van der Waals surface area contributed by atoms with Gasteiger partial charge >= 0.3 is 462 Å². The van der Waals surface area contributed by atoms with Crippen molar-refractivity contribution in [2.45, 2.75) is 89.9 Å². The number of rotatable bonds is 28. The number of aryl methyl sites for hydroxylation is 4. The Labute approximate surface area is 460 Å². The fraction of sp³-hybridized carbons (Fsp3) is 0.294. The van der Waals surface area contributed by atoms with Gasteiger partial charge in [-0.1, -0.05) is 0 Å². The molecule has 0 spiro atoms. The first kappa shape index (κ1) is 56.5. The first-order valence-electron chi connectivity index (χ1n) is 27.1. The Bertz CT molecular complexity index is 2610. The molecule has 0 aliphatic carbocycles. The third-order valence-electron chi connectivity index (χ3n) is 15.1. The van der Waals surface area contributed by atoms with E-state index < -0.39 is 14.2 Å². The molecular formula is C68H78BO7P. The second-order valence-corrected chi connectivity index (χ2v) is 26.2. The van der Waals surface area contributed by atoms with Gasteiger partial charge in [0.25, 0.3) is 0 Å². The third-order valence-corrected chi connectivity index (χ3v) is 20.5. The van der Waals surface area contributed by atoms with Gasteiger partial charge in [-0.15, -0.1) is 0 Å². The molecule has 0 aromatic heterocycles. The van der Waals surface area contributed by atoms with Crippen LogP contribution >= 0.6 is 6.83 Å². The summed E-state index contributed by atoms with van der Waals surface area (Å²) in [5.41, 5.74) is 14.7. The Hall–Kier alpha value is -6.67. The SMILES string of the molecule is COc1ccc(CP(Cc2ccc(OC)cc2)(Cc2ccc(OC)cc2)(Cc2ccc(OC)cc2)OB(OCCCC(c2ccc(C)cc2)c2ccc(C)cc2)OCCCC(c2ccc(C)cc2)c2ccc(C)cc2)cc1. The topological polar surface area (TPSA) is 64.6 Å². The summed E-state index contributed by atoms with van der Waals surface area (Å²) in [6.45, 7) is 5.60. The standard InChI is InChI=1S/C68H78BO7P/c1-51-13-29-59(30-14-51)67(60-31-15-52(2)16-32-60)11-9-45-74-69(75-46-10-12-68(61-33-17-53(3)18-34-61)62-35-19-54(4)20-36-62)76-77(47-55-21-37-63(70-5)38-22-55,48-56-23-39-64(71-6)40-24-56,49-57-25-41-65(72-7)42-26-57)50-58-27-43-66(73-8)44-28-58/h13-44,67-68H,9-12,45-50H2,1-8H3. The fourth-order valence-corrected chi connectivity index (χ4v) is 16.9. The third kappa shape index (κ3) is 15.7. The van der Waals surface area contributed by atoms with Gasteiger partial charge in [0, 0.05) is 0 Å². The van der Waals surface area contributed by atoms with Gasteiger partial charge in [0.15, 0.2) is 0 Å². The van der Waals surface area contributed by atoms with Gasteiger partial charge in [-0.2, -0.15) is 0 Å². The maximum absolute atomic E-state index is 8.23. The van der Waals surface area contributed by atoms with Crippen LogP contribution in [0.1, 0.15) is 104 Å². The molecule has 7 nitrogen and oxygen atoms in total. The zero-order valence-corrected chi connectivity index (χ0v) is 47.5. The van der Waals surface area contributed by atoms with Gasteiger partial charge in [0.05, 0.1) is 0 Å². The van der Waals surface area contributed by atoms with E-state index in [2.05, 4.69) is 222 Å². The van der Waals surface area contributed by atoms with Crippen LogP contribution in [0, 0.1) is 27.7 Å². The molecule has 0 fully saturated rings. The monoisotopic (exact) mass is 1050 g/mol. The molecule has 9 heteroatoms. The number of methoxy groups -OCH3 is 4. The molecule has 0 unspecified atom stereocenters. The molecule has 0 bridgehead atoms. The second kappa shape index (κ2) is 27.1. The van der Waals surface area contributed by atoms with E-state index in [1.54, 1.807) is 28.4 Å². The molecule has 77 heavy (non-hydrogen) atoms. The summed E-state index contributed by atoms with van der Waals surface area (Å²) >= 11 is 0. The van der Waals surface area contributed by atoms with Crippen molar-refractivity contribution in [3.05, 3.63) is 261 Å². The summed E-state index contributed by atoms with van der Waals surface area (Å²) in [5.74, 6) is 3.56. The van der Waals surface area contributed by atoms with Crippen molar-refractivity contribution < 1.29 is 32.7 Å². The van der Waals surface area contributed by atoms with Crippen molar-refractivity contribution in [2.24, 2.45) is 0 Å². The predicted octanol–water partition coefficient (Wildman–Crippen LogP) is 16.8. The van der Waals surface area contributed by atoms with Crippen molar-refractivity contribution in [3.8, 4) is 23.0 Å². The summed E-state index contributed by atoms with van der Waals surface area (Å²) in [7, 11) is 5.84. The molecule has 0 aliphatic heterocycles. The van der Waals surface area contributed by atoms with E-state index in [-0.39, 0.29) is 11.8 Å². The van der Waals surface area contributed by atoms with E-state index in [0.717, 1.165) is 70.9 Å². The van der Waals surface area contributed by atoms with Gasteiger partial charge < -0.3 is 0 Å². The molecule has 0 saturated carbocycles. The Morgan fingerprint density at radius 1 is 0.325 bits per heavy atom. The molecule has 0 aliphatic rings. The number of ether oxygens (including phenoxy) is 4. The van der Waals surface area contributed by atoms with Crippen LogP contribution in [-0.4, -0.2) is 49.0 Å². The Kier molecular flexibility index (Phi) is 19.9. The van der Waals surface area contributed by atoms with Gasteiger partial charge in [0.2, 0.25) is 0 Å². The minimum atomic E-state index is -3.84. The van der Waals surface area contributed by atoms with Gasteiger partial charge in [0.1, 0.15) is 0 Å². The molecule has 400 valence electrons. The molecule has 8 aromatic rings. The number of benzene rings is 8. The molecule has 0 heterocycles.